The third-order valence-corrected chi connectivity index (χ3v) is 5.55. The largest absolute Gasteiger partial charge is 0.309 e. The highest BCUT2D eigenvalue weighted by Gasteiger charge is 2.13. The fourth-order valence-electron chi connectivity index (χ4n) is 3.06. The van der Waals surface area contributed by atoms with Crippen LogP contribution in [0.3, 0.4) is 0 Å². The Bertz CT molecular complexity index is 1270. The molecule has 4 rings (SSSR count). The number of aromatic nitrogens is 4. The van der Waals surface area contributed by atoms with Gasteiger partial charge in [0, 0.05) is 17.0 Å². The third kappa shape index (κ3) is 4.23. The Hall–Kier alpha value is -3.52. The van der Waals surface area contributed by atoms with Gasteiger partial charge < -0.3 is 5.32 Å². The molecule has 0 aliphatic carbocycles. The van der Waals surface area contributed by atoms with Gasteiger partial charge in [-0.05, 0) is 51.1 Å². The van der Waals surface area contributed by atoms with Crippen LogP contribution in [0, 0.1) is 20.8 Å². The highest BCUT2D eigenvalue weighted by molar-refractivity contribution is 7.15. The molecule has 1 aromatic carbocycles. The summed E-state index contributed by atoms with van der Waals surface area (Å²) in [6.45, 7) is 5.70. The summed E-state index contributed by atoms with van der Waals surface area (Å²) in [5.74, 6) is 0.191. The second kappa shape index (κ2) is 8.08. The van der Waals surface area contributed by atoms with Gasteiger partial charge in [0.1, 0.15) is 18.1 Å². The number of hydrogen-bond donors (Lipinski definition) is 1. The molecule has 0 saturated carbocycles. The summed E-state index contributed by atoms with van der Waals surface area (Å²) < 4.78 is 2.85. The van der Waals surface area contributed by atoms with Crippen LogP contribution in [0.2, 0.25) is 0 Å². The summed E-state index contributed by atoms with van der Waals surface area (Å²) in [4.78, 5) is 27.0. The number of anilines is 1. The first-order valence-electron chi connectivity index (χ1n) is 9.47. The van der Waals surface area contributed by atoms with Crippen molar-refractivity contribution in [2.75, 3.05) is 5.32 Å². The van der Waals surface area contributed by atoms with Crippen LogP contribution in [0.25, 0.3) is 16.3 Å². The molecule has 0 atom stereocenters. The Balaban J connectivity index is 1.56. The lowest BCUT2D eigenvalue weighted by Gasteiger charge is -2.10. The van der Waals surface area contributed by atoms with Gasteiger partial charge in [0.25, 0.3) is 5.56 Å². The molecular weight excluding hydrogens is 398 g/mol. The van der Waals surface area contributed by atoms with E-state index in [4.69, 9.17) is 0 Å². The smallest absolute Gasteiger partial charge is 0.267 e. The Kier molecular flexibility index (Phi) is 5.33. The van der Waals surface area contributed by atoms with Gasteiger partial charge in [-0.1, -0.05) is 17.7 Å². The van der Waals surface area contributed by atoms with Gasteiger partial charge in [-0.2, -0.15) is 10.2 Å². The fourth-order valence-corrected chi connectivity index (χ4v) is 3.89. The van der Waals surface area contributed by atoms with Crippen molar-refractivity contribution >= 4 is 23.1 Å². The summed E-state index contributed by atoms with van der Waals surface area (Å²) in [5.41, 5.74) is 3.09. The molecule has 152 valence electrons. The van der Waals surface area contributed by atoms with Crippen molar-refractivity contribution in [3.63, 3.8) is 0 Å². The first kappa shape index (κ1) is 19.8. The maximum absolute atomic E-state index is 12.7. The van der Waals surface area contributed by atoms with Crippen molar-refractivity contribution in [1.29, 1.82) is 0 Å². The molecule has 0 aliphatic heterocycles. The molecule has 0 saturated heterocycles. The first-order chi connectivity index (χ1) is 14.4. The molecule has 0 aliphatic rings. The lowest BCUT2D eigenvalue weighted by atomic mass is 10.2. The van der Waals surface area contributed by atoms with Crippen LogP contribution in [0.15, 0.2) is 59.4 Å². The van der Waals surface area contributed by atoms with Crippen molar-refractivity contribution in [2.24, 2.45) is 0 Å². The predicted molar refractivity (Wildman–Crippen MR) is 118 cm³/mol. The Morgan fingerprint density at radius 3 is 2.47 bits per heavy atom. The van der Waals surface area contributed by atoms with Crippen molar-refractivity contribution in [2.45, 2.75) is 27.3 Å². The van der Waals surface area contributed by atoms with E-state index in [-0.39, 0.29) is 18.0 Å². The minimum atomic E-state index is -0.350. The summed E-state index contributed by atoms with van der Waals surface area (Å²) in [5, 5.41) is 11.7. The molecule has 1 amide bonds. The number of carbonyl (C=O) groups excluding carboxylic acids is 1. The van der Waals surface area contributed by atoms with E-state index in [2.05, 4.69) is 15.5 Å². The Morgan fingerprint density at radius 2 is 1.77 bits per heavy atom. The normalized spacial score (nSPS) is 10.9. The molecule has 0 radical (unpaired) electrons. The molecule has 7 nitrogen and oxygen atoms in total. The third-order valence-electron chi connectivity index (χ3n) is 4.53. The number of hydrogen-bond acceptors (Lipinski definition) is 5. The van der Waals surface area contributed by atoms with Gasteiger partial charge in [0.15, 0.2) is 0 Å². The molecule has 0 bridgehead atoms. The highest BCUT2D eigenvalue weighted by atomic mass is 32.1. The lowest BCUT2D eigenvalue weighted by Crippen LogP contribution is -2.29. The van der Waals surface area contributed by atoms with Crippen LogP contribution < -0.4 is 10.9 Å². The monoisotopic (exact) mass is 419 g/mol. The number of carbonyl (C=O) groups is 1. The van der Waals surface area contributed by atoms with Crippen molar-refractivity contribution < 1.29 is 4.79 Å². The number of benzene rings is 1. The minimum Gasteiger partial charge on any atom is -0.309 e. The van der Waals surface area contributed by atoms with Crippen LogP contribution in [0.4, 0.5) is 5.82 Å². The zero-order chi connectivity index (χ0) is 21.3. The van der Waals surface area contributed by atoms with Crippen molar-refractivity contribution in [3.05, 3.63) is 81.1 Å². The van der Waals surface area contributed by atoms with E-state index < -0.39 is 0 Å². The average molecular weight is 420 g/mol. The molecule has 3 aromatic heterocycles. The standard InChI is InChI=1S/C22H21N5O2S/c1-14-4-7-17(8-5-14)27-20(12-15(2)24-27)23-21(28)13-26-22(29)11-9-18(25-26)19-10-6-16(3)30-19/h4-12H,13H2,1-3H3,(H,23,28). The van der Waals surface area contributed by atoms with Crippen molar-refractivity contribution in [1.82, 2.24) is 19.6 Å². The number of thiophene rings is 1. The number of nitrogens with zero attached hydrogens (tertiary/aromatic N) is 4. The van der Waals surface area contributed by atoms with Crippen LogP contribution in [0.5, 0.6) is 0 Å². The predicted octanol–water partition coefficient (Wildman–Crippen LogP) is 3.72. The van der Waals surface area contributed by atoms with Crippen LogP contribution in [-0.4, -0.2) is 25.5 Å². The zero-order valence-corrected chi connectivity index (χ0v) is 17.7. The Morgan fingerprint density at radius 1 is 1.00 bits per heavy atom. The number of amides is 1. The topological polar surface area (TPSA) is 81.8 Å². The van der Waals surface area contributed by atoms with Crippen LogP contribution in [0.1, 0.15) is 16.1 Å². The summed E-state index contributed by atoms with van der Waals surface area (Å²) >= 11 is 1.59. The second-order valence-electron chi connectivity index (χ2n) is 7.09. The average Bonchev–Trinajstić information content (AvgIpc) is 3.29. The van der Waals surface area contributed by atoms with Gasteiger partial charge in [-0.25, -0.2) is 9.36 Å². The molecule has 4 aromatic rings. The van der Waals surface area contributed by atoms with Gasteiger partial charge in [-0.3, -0.25) is 9.59 Å². The van der Waals surface area contributed by atoms with Crippen molar-refractivity contribution in [3.8, 4) is 16.3 Å². The number of nitrogens with one attached hydrogen (secondary N) is 1. The summed E-state index contributed by atoms with van der Waals surface area (Å²) in [6.07, 6.45) is 0. The molecule has 0 spiro atoms. The second-order valence-corrected chi connectivity index (χ2v) is 8.38. The summed E-state index contributed by atoms with van der Waals surface area (Å²) in [6, 6.07) is 16.7. The summed E-state index contributed by atoms with van der Waals surface area (Å²) in [7, 11) is 0. The van der Waals surface area contributed by atoms with Gasteiger partial charge in [-0.15, -0.1) is 11.3 Å². The van der Waals surface area contributed by atoms with E-state index in [1.165, 1.54) is 10.7 Å². The fraction of sp³-hybridized carbons (Fsp3) is 0.182. The van der Waals surface area contributed by atoms with Crippen LogP contribution >= 0.6 is 11.3 Å². The SMILES string of the molecule is Cc1ccc(-n2nc(C)cc2NC(=O)Cn2nc(-c3ccc(C)s3)ccc2=O)cc1. The van der Waals surface area contributed by atoms with E-state index >= 15 is 0 Å². The zero-order valence-electron chi connectivity index (χ0n) is 16.9. The molecular formula is C22H21N5O2S. The van der Waals surface area contributed by atoms with Gasteiger partial charge in [0.05, 0.1) is 16.3 Å². The van der Waals surface area contributed by atoms with Gasteiger partial charge >= 0.3 is 0 Å². The number of rotatable bonds is 5. The molecule has 0 unspecified atom stereocenters. The molecule has 8 heteroatoms. The maximum atomic E-state index is 12.7. The van der Waals surface area contributed by atoms with Crippen LogP contribution in [-0.2, 0) is 11.3 Å². The first-order valence-corrected chi connectivity index (χ1v) is 10.3. The highest BCUT2D eigenvalue weighted by Crippen LogP contribution is 2.25. The molecule has 0 fully saturated rings. The molecule has 3 heterocycles. The lowest BCUT2D eigenvalue weighted by molar-refractivity contribution is -0.117. The quantitative estimate of drug-likeness (QED) is 0.535. The molecule has 30 heavy (non-hydrogen) atoms. The van der Waals surface area contributed by atoms with E-state index in [1.807, 2.05) is 57.2 Å². The van der Waals surface area contributed by atoms with Gasteiger partial charge in [0.2, 0.25) is 5.91 Å². The molecule has 1 N–H and O–H groups in total. The maximum Gasteiger partial charge on any atom is 0.267 e. The minimum absolute atomic E-state index is 0.185. The number of aryl methyl sites for hydroxylation is 3. The van der Waals surface area contributed by atoms with E-state index in [1.54, 1.807) is 28.2 Å². The van der Waals surface area contributed by atoms with E-state index in [0.29, 0.717) is 11.5 Å². The van der Waals surface area contributed by atoms with E-state index in [0.717, 1.165) is 26.7 Å². The van der Waals surface area contributed by atoms with E-state index in [9.17, 15) is 9.59 Å². The Labute approximate surface area is 177 Å².